The van der Waals surface area contributed by atoms with Crippen molar-refractivity contribution in [1.29, 1.82) is 0 Å². The molecule has 0 aliphatic heterocycles. The summed E-state index contributed by atoms with van der Waals surface area (Å²) in [5.41, 5.74) is 0. The molecule has 1 nitrogen and oxygen atoms in total. The molecule has 0 heterocycles. The molecular formula is C4H9NaO. The minimum atomic E-state index is 0. The molecule has 0 radical (unpaired) electrons. The number of rotatable bonds is 2. The van der Waals surface area contributed by atoms with E-state index in [1.165, 1.54) is 6.61 Å². The van der Waals surface area contributed by atoms with E-state index in [-0.39, 0.29) is 29.6 Å². The Morgan fingerprint density at radius 2 is 2.17 bits per heavy atom. The van der Waals surface area contributed by atoms with Gasteiger partial charge < -0.3 is 5.11 Å². The maximum absolute atomic E-state index is 7.94. The van der Waals surface area contributed by atoms with Crippen molar-refractivity contribution in [2.24, 2.45) is 0 Å². The van der Waals surface area contributed by atoms with Crippen LogP contribution >= 0.6 is 0 Å². The Balaban J connectivity index is 0. The van der Waals surface area contributed by atoms with Gasteiger partial charge in [-0.15, -0.1) is 0 Å². The summed E-state index contributed by atoms with van der Waals surface area (Å²) in [6, 6.07) is 0. The van der Waals surface area contributed by atoms with Gasteiger partial charge in [0, 0.05) is 0 Å². The topological polar surface area (TPSA) is 20.2 Å². The van der Waals surface area contributed by atoms with E-state index < -0.39 is 0 Å². The van der Waals surface area contributed by atoms with E-state index in [9.17, 15) is 0 Å². The molecule has 0 aromatic carbocycles. The van der Waals surface area contributed by atoms with E-state index in [2.05, 4.69) is 0 Å². The second kappa shape index (κ2) is 9.35. The van der Waals surface area contributed by atoms with Crippen molar-refractivity contribution in [3.63, 3.8) is 0 Å². The van der Waals surface area contributed by atoms with E-state index in [0.717, 1.165) is 12.8 Å². The maximum atomic E-state index is 7.94. The summed E-state index contributed by atoms with van der Waals surface area (Å²) in [6.45, 7) is 3.20. The van der Waals surface area contributed by atoms with Crippen LogP contribution in [0.5, 0.6) is 0 Å². The third kappa shape index (κ3) is 8.88. The third-order valence-electron chi connectivity index (χ3n) is 0.418. The maximum Gasteiger partial charge on any atom is 1.00 e. The summed E-state index contributed by atoms with van der Waals surface area (Å²) in [4.78, 5) is 0. The van der Waals surface area contributed by atoms with Crippen molar-refractivity contribution in [3.05, 3.63) is 6.61 Å². The minimum absolute atomic E-state index is 0. The van der Waals surface area contributed by atoms with Crippen molar-refractivity contribution in [1.82, 2.24) is 0 Å². The molecule has 0 fully saturated rings. The summed E-state index contributed by atoms with van der Waals surface area (Å²) in [5, 5.41) is 7.94. The van der Waals surface area contributed by atoms with Gasteiger partial charge >= 0.3 is 29.6 Å². The van der Waals surface area contributed by atoms with Gasteiger partial charge in [-0.05, 0) is 0 Å². The molecule has 0 saturated carbocycles. The van der Waals surface area contributed by atoms with Crippen LogP contribution in [-0.2, 0) is 0 Å². The summed E-state index contributed by atoms with van der Waals surface area (Å²) in [5.74, 6) is 0. The predicted octanol–water partition coefficient (Wildman–Crippen LogP) is -1.68. The van der Waals surface area contributed by atoms with Crippen molar-refractivity contribution in [2.75, 3.05) is 0 Å². The SMILES string of the molecule is CCC[CH-]O.[Na+]. The minimum Gasteiger partial charge on any atom is -0.566 e. The van der Waals surface area contributed by atoms with Gasteiger partial charge in [0.15, 0.2) is 0 Å². The summed E-state index contributed by atoms with van der Waals surface area (Å²) in [7, 11) is 0. The average molecular weight is 96.1 g/mol. The molecule has 0 aromatic heterocycles. The van der Waals surface area contributed by atoms with Gasteiger partial charge in [-0.1, -0.05) is 13.3 Å². The first-order chi connectivity index (χ1) is 2.41. The number of unbranched alkanes of at least 4 members (excludes halogenated alkanes) is 1. The second-order valence-electron chi connectivity index (χ2n) is 0.971. The molecule has 0 rings (SSSR count). The van der Waals surface area contributed by atoms with Crippen LogP contribution < -0.4 is 29.6 Å². The Morgan fingerprint density at radius 1 is 1.67 bits per heavy atom. The van der Waals surface area contributed by atoms with Crippen LogP contribution in [0.1, 0.15) is 19.8 Å². The molecule has 0 saturated heterocycles. The largest absolute Gasteiger partial charge is 1.00 e. The Hall–Kier alpha value is 0.960. The van der Waals surface area contributed by atoms with Gasteiger partial charge in [-0.25, -0.2) is 6.61 Å². The first-order valence-electron chi connectivity index (χ1n) is 1.87. The van der Waals surface area contributed by atoms with Crippen LogP contribution in [0.3, 0.4) is 0 Å². The number of hydrogen-bond donors (Lipinski definition) is 1. The first kappa shape index (κ1) is 10.0. The second-order valence-corrected chi connectivity index (χ2v) is 0.971. The van der Waals surface area contributed by atoms with Gasteiger partial charge in [-0.3, -0.25) is 0 Å². The summed E-state index contributed by atoms with van der Waals surface area (Å²) < 4.78 is 0. The third-order valence-corrected chi connectivity index (χ3v) is 0.418. The standard InChI is InChI=1S/C4H9O.Na/c1-2-3-4-5;/h4-5H,2-3H2,1H3;/q-1;+1. The van der Waals surface area contributed by atoms with Crippen LogP contribution in [0.4, 0.5) is 0 Å². The average Bonchev–Trinajstić information content (AvgIpc) is 1.41. The van der Waals surface area contributed by atoms with Crippen molar-refractivity contribution in [3.8, 4) is 0 Å². The molecule has 0 bridgehead atoms. The first-order valence-corrected chi connectivity index (χ1v) is 1.87. The van der Waals surface area contributed by atoms with E-state index in [0.29, 0.717) is 0 Å². The van der Waals surface area contributed by atoms with Gasteiger partial charge in [0.1, 0.15) is 0 Å². The van der Waals surface area contributed by atoms with Crippen LogP contribution in [0.25, 0.3) is 0 Å². The van der Waals surface area contributed by atoms with Crippen LogP contribution in [-0.4, -0.2) is 5.11 Å². The van der Waals surface area contributed by atoms with E-state index in [1.807, 2.05) is 6.92 Å². The molecule has 2 heteroatoms. The van der Waals surface area contributed by atoms with E-state index >= 15 is 0 Å². The Bertz CT molecular complexity index is 15.0. The van der Waals surface area contributed by atoms with E-state index in [1.54, 1.807) is 0 Å². The summed E-state index contributed by atoms with van der Waals surface area (Å²) in [6.07, 6.45) is 1.86. The molecule has 0 aromatic rings. The zero-order chi connectivity index (χ0) is 4.12. The normalized spacial score (nSPS) is 7.00. The Morgan fingerprint density at radius 3 is 2.17 bits per heavy atom. The Kier molecular flexibility index (Phi) is 15.7. The van der Waals surface area contributed by atoms with Gasteiger partial charge in [0.25, 0.3) is 0 Å². The number of aliphatic hydroxyl groups excluding tert-OH is 1. The molecule has 0 unspecified atom stereocenters. The zero-order valence-electron chi connectivity index (χ0n) is 4.44. The summed E-state index contributed by atoms with van der Waals surface area (Å²) >= 11 is 0. The van der Waals surface area contributed by atoms with Gasteiger partial charge in [0.2, 0.25) is 0 Å². The molecule has 0 aliphatic rings. The molecular weight excluding hydrogens is 87.0 g/mol. The fourth-order valence-corrected chi connectivity index (χ4v) is 0.129. The predicted molar refractivity (Wildman–Crippen MR) is 21.1 cm³/mol. The fourth-order valence-electron chi connectivity index (χ4n) is 0.129. The molecule has 1 N–H and O–H groups in total. The molecule has 0 atom stereocenters. The van der Waals surface area contributed by atoms with Crippen LogP contribution in [0, 0.1) is 6.61 Å². The van der Waals surface area contributed by atoms with Crippen LogP contribution in [0.2, 0.25) is 0 Å². The Labute approximate surface area is 61.0 Å². The molecule has 0 amide bonds. The van der Waals surface area contributed by atoms with Gasteiger partial charge in [0.05, 0.1) is 0 Å². The number of hydrogen-bond acceptors (Lipinski definition) is 1. The van der Waals surface area contributed by atoms with E-state index in [4.69, 9.17) is 5.11 Å². The van der Waals surface area contributed by atoms with Crippen LogP contribution in [0.15, 0.2) is 0 Å². The quantitative estimate of drug-likeness (QED) is 0.322. The monoisotopic (exact) mass is 96.1 g/mol. The molecule has 32 valence electrons. The molecule has 6 heavy (non-hydrogen) atoms. The fraction of sp³-hybridized carbons (Fsp3) is 0.750. The van der Waals surface area contributed by atoms with Crippen molar-refractivity contribution < 1.29 is 34.7 Å². The van der Waals surface area contributed by atoms with Crippen molar-refractivity contribution in [2.45, 2.75) is 19.8 Å². The van der Waals surface area contributed by atoms with Crippen molar-refractivity contribution >= 4 is 0 Å². The number of aliphatic hydroxyl groups is 1. The molecule has 0 spiro atoms. The molecule has 0 aliphatic carbocycles. The smallest absolute Gasteiger partial charge is 0.566 e. The van der Waals surface area contributed by atoms with Gasteiger partial charge in [-0.2, -0.15) is 6.42 Å². The zero-order valence-corrected chi connectivity index (χ0v) is 6.44.